The number of carbonyl (C=O) groups excluding carboxylic acids is 6. The van der Waals surface area contributed by atoms with Crippen LogP contribution < -0.4 is 32.6 Å². The molecule has 92 heavy (non-hydrogen) atoms. The molecule has 4 aromatic carbocycles. The number of hydrazone groups is 2. The number of hydrazine groups is 2. The summed E-state index contributed by atoms with van der Waals surface area (Å²) in [5, 5.41) is 7.44. The second-order valence-electron chi connectivity index (χ2n) is 14.8. The Balaban J connectivity index is -0.000000237. The maximum atomic E-state index is 12.5. The fourth-order valence-electron chi connectivity index (χ4n) is 5.17. The fourth-order valence-corrected chi connectivity index (χ4v) is 5.17. The van der Waals surface area contributed by atoms with Gasteiger partial charge in [-0.3, -0.25) is 49.2 Å². The average molecular weight is 1400 g/mol. The van der Waals surface area contributed by atoms with Gasteiger partial charge < -0.3 is 20.3 Å². The van der Waals surface area contributed by atoms with E-state index in [1.54, 1.807) is 18.2 Å². The summed E-state index contributed by atoms with van der Waals surface area (Å²) in [6.07, 6.45) is -32.4. The molecule has 2 amide bonds. The lowest BCUT2D eigenvalue weighted by Crippen LogP contribution is -2.26. The first-order chi connectivity index (χ1) is 42.8. The zero-order chi connectivity index (χ0) is 73.5. The molecule has 2 aliphatic rings. The van der Waals surface area contributed by atoms with Crippen LogP contribution in [0.2, 0.25) is 0 Å². The van der Waals surface area contributed by atoms with Crippen LogP contribution in [0, 0.1) is 0 Å². The first kappa shape index (κ1) is 94.1. The molecule has 0 aliphatic carbocycles. The number of esters is 2. The lowest BCUT2D eigenvalue weighted by atomic mass is 10.2. The van der Waals surface area contributed by atoms with Crippen molar-refractivity contribution >= 4 is 69.5 Å². The molecule has 2 heterocycles. The highest BCUT2D eigenvalue weighted by atomic mass is 20.0. The molecular weight excluding hydrogens is 1350 g/mol. The third-order valence-electron chi connectivity index (χ3n) is 8.77. The topological polar surface area (TPSA) is 228 Å². The lowest BCUT2D eigenvalue weighted by molar-refractivity contribution is -0.174. The zero-order valence-electron chi connectivity index (χ0n) is 46.4. The largest absolute Gasteiger partial charge is 0.466 e. The zero-order valence-corrected chi connectivity index (χ0v) is 46.4. The first-order valence-electron chi connectivity index (χ1n) is 23.0. The summed E-state index contributed by atoms with van der Waals surface area (Å²) in [5.41, 5.74) is 1.66. The molecule has 0 spiro atoms. The number of alkyl halides is 20. The Kier molecular flexibility index (Phi) is 49.9. The summed E-state index contributed by atoms with van der Waals surface area (Å²) in [5.74, 6) is 1.87. The van der Waals surface area contributed by atoms with Gasteiger partial charge in [0.1, 0.15) is 12.8 Å². The van der Waals surface area contributed by atoms with Crippen molar-refractivity contribution in [2.45, 2.75) is 76.6 Å². The molecule has 2 aliphatic heterocycles. The Morgan fingerprint density at radius 3 is 1.01 bits per heavy atom. The number of ketones is 2. The van der Waals surface area contributed by atoms with E-state index in [2.05, 4.69) is 30.5 Å². The number of rotatable bonds is 10. The minimum Gasteiger partial charge on any atom is -0.466 e. The standard InChI is InChI=1S/C11H6F6N2O.C10H7F3N2O.C7H7F3N2.2C6H7F3O3.C6H8N2.2CH3F.4F2/c12-10(13,14)6-2-1-3-7(4-6)19-9(20)5-8(18-19)11(15,16)17;11-10(12,13)8-6-9(16)15(14-8)7-4-2-1-3-5-7;8-7(9,10)5-2-1-3-6(4-5)12-11;2*1-2-12-5(11)3-4(10)6(7,8)9;7-8-6-4-2-1-3-5-6;6*1-2/h1-4H,5H2;1-5H,6H2;1-4,12H,11H2;2*2-3H2,1H3;1-5,8H,7H2;2*1H3;;;;. The number of hydrogen-bond acceptors (Lipinski definition) is 14. The molecule has 0 unspecified atom stereocenters. The summed E-state index contributed by atoms with van der Waals surface area (Å²) >= 11 is 0. The van der Waals surface area contributed by atoms with E-state index in [-0.39, 0.29) is 24.6 Å². The van der Waals surface area contributed by atoms with Crippen molar-refractivity contribution in [1.29, 1.82) is 0 Å². The van der Waals surface area contributed by atoms with Crippen molar-refractivity contribution in [3.63, 3.8) is 0 Å². The van der Waals surface area contributed by atoms with Crippen molar-refractivity contribution in [2.75, 3.05) is 48.4 Å². The molecule has 0 aromatic heterocycles. The Labute approximate surface area is 499 Å². The Bertz CT molecular complexity index is 2710. The molecule has 524 valence electrons. The molecular formula is C48H48F28N8O8. The Morgan fingerprint density at radius 1 is 0.435 bits per heavy atom. The van der Waals surface area contributed by atoms with Gasteiger partial charge in [-0.25, -0.2) is 10.0 Å². The smallest absolute Gasteiger partial charge is 0.450 e. The number of carbonyl (C=O) groups is 6. The molecule has 0 fully saturated rings. The number of Topliss-reactive ketones (excluding diaryl/α,β-unsaturated/α-hetero) is 2. The summed E-state index contributed by atoms with van der Waals surface area (Å²) in [4.78, 5) is 63.7. The number of ether oxygens (including phenoxy) is 2. The van der Waals surface area contributed by atoms with E-state index in [9.17, 15) is 117 Å². The molecule has 0 saturated heterocycles. The first-order valence-corrected chi connectivity index (χ1v) is 23.0. The minimum atomic E-state index is -4.95. The van der Waals surface area contributed by atoms with Gasteiger partial charge in [-0.2, -0.15) is 89.2 Å². The van der Waals surface area contributed by atoms with Gasteiger partial charge in [0, 0.05) is 48.0 Å². The van der Waals surface area contributed by atoms with Crippen molar-refractivity contribution in [3.05, 3.63) is 120 Å². The second kappa shape index (κ2) is 48.8. The van der Waals surface area contributed by atoms with Crippen molar-refractivity contribution in [3.8, 4) is 0 Å². The molecule has 0 atom stereocenters. The molecule has 0 bridgehead atoms. The quantitative estimate of drug-likeness (QED) is 0.0382. The van der Waals surface area contributed by atoms with Crippen molar-refractivity contribution < 1.29 is 163 Å². The van der Waals surface area contributed by atoms with E-state index in [0.717, 1.165) is 41.0 Å². The molecule has 6 rings (SSSR count). The SMILES string of the molecule is CCOC(=O)CC(=O)C(F)(F)F.CCOC(=O)CC(=O)C(F)(F)F.CF.CF.FF.FF.FF.FF.NNc1cccc(C(F)(F)F)c1.NNc1ccccc1.O=C1CC(C(F)(F)F)=NN1c1cccc(C(F)(F)F)c1.O=C1CC(C(F)(F)F)=NN1c1ccccc1. The Hall–Kier alpha value is -9.00. The number of amides is 2. The van der Waals surface area contributed by atoms with Gasteiger partial charge in [-0.05, 0) is 74.5 Å². The van der Waals surface area contributed by atoms with E-state index in [1.165, 1.54) is 38.1 Å². The second-order valence-corrected chi connectivity index (χ2v) is 14.8. The van der Waals surface area contributed by atoms with E-state index in [0.29, 0.717) is 31.1 Å². The fraction of sp³-hybridized carbons (Fsp3) is 0.333. The number of hydrogen-bond donors (Lipinski definition) is 4. The number of para-hydroxylation sites is 2. The van der Waals surface area contributed by atoms with Gasteiger partial charge >= 0.3 is 49.0 Å². The lowest BCUT2D eigenvalue weighted by Gasteiger charge is -2.14. The predicted octanol–water partition coefficient (Wildman–Crippen LogP) is 15.3. The number of nitrogens with two attached hydrogens (primary N) is 2. The highest BCUT2D eigenvalue weighted by Crippen LogP contribution is 2.35. The third-order valence-corrected chi connectivity index (χ3v) is 8.77. The highest BCUT2D eigenvalue weighted by molar-refractivity contribution is 6.15. The van der Waals surface area contributed by atoms with Crippen molar-refractivity contribution in [2.24, 2.45) is 21.9 Å². The monoisotopic (exact) mass is 1400 g/mol. The van der Waals surface area contributed by atoms with E-state index < -0.39 is 121 Å². The van der Waals surface area contributed by atoms with Crippen LogP contribution in [0.1, 0.15) is 50.7 Å². The summed E-state index contributed by atoms with van der Waals surface area (Å²) in [7, 11) is 1.00. The average Bonchev–Trinajstić information content (AvgIpc) is 1.68. The summed E-state index contributed by atoms with van der Waals surface area (Å²) < 4.78 is 308. The molecule has 16 nitrogen and oxygen atoms in total. The van der Waals surface area contributed by atoms with E-state index in [1.807, 2.05) is 30.3 Å². The number of nitrogens with one attached hydrogen (secondary N) is 2. The highest BCUT2D eigenvalue weighted by Gasteiger charge is 2.45. The van der Waals surface area contributed by atoms with Gasteiger partial charge in [0.05, 0.1) is 62.9 Å². The normalized spacial score (nSPS) is 12.0. The molecule has 4 aromatic rings. The molecule has 6 N–H and O–H groups in total. The van der Waals surface area contributed by atoms with Crippen LogP contribution in [0.3, 0.4) is 0 Å². The summed E-state index contributed by atoms with van der Waals surface area (Å²) in [6.45, 7) is 2.81. The van der Waals surface area contributed by atoms with Crippen molar-refractivity contribution in [1.82, 2.24) is 0 Å². The summed E-state index contributed by atoms with van der Waals surface area (Å²) in [6, 6.07) is 25.7. The number of halogens is 28. The van der Waals surface area contributed by atoms with Gasteiger partial charge in [0.2, 0.25) is 11.6 Å². The van der Waals surface area contributed by atoms with Crippen LogP contribution in [0.4, 0.5) is 147 Å². The predicted molar refractivity (Wildman–Crippen MR) is 270 cm³/mol. The van der Waals surface area contributed by atoms with Crippen LogP contribution in [0.5, 0.6) is 0 Å². The maximum Gasteiger partial charge on any atom is 0.450 e. The maximum absolute atomic E-state index is 12.5. The van der Waals surface area contributed by atoms with Gasteiger partial charge in [-0.1, -0.05) is 48.5 Å². The van der Waals surface area contributed by atoms with Gasteiger partial charge in [0.15, 0.2) is 11.4 Å². The van der Waals surface area contributed by atoms with Crippen LogP contribution in [-0.2, 0) is 50.6 Å². The number of nitrogen functional groups attached to an aromatic ring is 2. The Morgan fingerprint density at radius 2 is 0.728 bits per heavy atom. The van der Waals surface area contributed by atoms with Crippen LogP contribution >= 0.6 is 0 Å². The van der Waals surface area contributed by atoms with E-state index >= 15 is 0 Å². The van der Waals surface area contributed by atoms with Crippen LogP contribution in [-0.4, -0.2) is 99.0 Å². The van der Waals surface area contributed by atoms with Gasteiger partial charge in [0.25, 0.3) is 11.8 Å². The minimum absolute atomic E-state index is 0.0377. The van der Waals surface area contributed by atoms with Crippen LogP contribution in [0.15, 0.2) is 119 Å². The van der Waals surface area contributed by atoms with Crippen LogP contribution in [0.25, 0.3) is 0 Å². The number of anilines is 4. The molecule has 44 heteroatoms. The number of benzene rings is 4. The third kappa shape index (κ3) is 40.6. The molecule has 0 saturated carbocycles. The van der Waals surface area contributed by atoms with E-state index in [4.69, 9.17) is 48.3 Å². The number of nitrogens with zero attached hydrogens (tertiary/aromatic N) is 4. The van der Waals surface area contributed by atoms with Gasteiger partial charge in [-0.15, -0.1) is 0 Å². The molecule has 0 radical (unpaired) electrons.